The highest BCUT2D eigenvalue weighted by molar-refractivity contribution is 6.32. The van der Waals surface area contributed by atoms with Crippen molar-refractivity contribution in [2.24, 2.45) is 0 Å². The van der Waals surface area contributed by atoms with E-state index in [2.05, 4.69) is 26.7 Å². The molecule has 6 heteroatoms. The van der Waals surface area contributed by atoms with E-state index in [1.807, 2.05) is 18.2 Å². The number of fused-ring (bicyclic) bond motifs is 1. The van der Waals surface area contributed by atoms with Crippen molar-refractivity contribution in [1.29, 1.82) is 0 Å². The van der Waals surface area contributed by atoms with Gasteiger partial charge in [0.15, 0.2) is 5.82 Å². The SMILES string of the molecule is CNc1ncc(Cl)c(NCC2Cc3ccccc3O2)n1. The molecule has 1 atom stereocenters. The van der Waals surface area contributed by atoms with Gasteiger partial charge in [0, 0.05) is 13.5 Å². The zero-order chi connectivity index (χ0) is 13.9. The number of nitrogens with one attached hydrogen (secondary N) is 2. The molecule has 0 radical (unpaired) electrons. The lowest BCUT2D eigenvalue weighted by molar-refractivity contribution is 0.246. The Kier molecular flexibility index (Phi) is 3.60. The molecule has 0 amide bonds. The van der Waals surface area contributed by atoms with Gasteiger partial charge in [0.25, 0.3) is 0 Å². The third-order valence-corrected chi connectivity index (χ3v) is 3.46. The molecule has 5 nitrogen and oxygen atoms in total. The molecule has 2 aromatic rings. The van der Waals surface area contributed by atoms with Crippen LogP contribution in [0.15, 0.2) is 30.5 Å². The van der Waals surface area contributed by atoms with Crippen LogP contribution in [-0.2, 0) is 6.42 Å². The lowest BCUT2D eigenvalue weighted by Gasteiger charge is -2.13. The number of nitrogens with zero attached hydrogens (tertiary/aromatic N) is 2. The number of rotatable bonds is 4. The molecular formula is C14H15ClN4O. The van der Waals surface area contributed by atoms with Crippen molar-refractivity contribution in [3.63, 3.8) is 0 Å². The maximum absolute atomic E-state index is 6.07. The van der Waals surface area contributed by atoms with Crippen LogP contribution < -0.4 is 15.4 Å². The van der Waals surface area contributed by atoms with Crippen LogP contribution in [0.5, 0.6) is 5.75 Å². The number of ether oxygens (including phenoxy) is 1. The first-order chi connectivity index (χ1) is 9.76. The minimum Gasteiger partial charge on any atom is -0.488 e. The summed E-state index contributed by atoms with van der Waals surface area (Å²) in [5.41, 5.74) is 1.24. The number of anilines is 2. The van der Waals surface area contributed by atoms with Crippen molar-refractivity contribution in [1.82, 2.24) is 9.97 Å². The van der Waals surface area contributed by atoms with E-state index in [0.717, 1.165) is 12.2 Å². The van der Waals surface area contributed by atoms with Gasteiger partial charge in [-0.25, -0.2) is 4.98 Å². The van der Waals surface area contributed by atoms with E-state index in [9.17, 15) is 0 Å². The van der Waals surface area contributed by atoms with Crippen LogP contribution in [0, 0.1) is 0 Å². The van der Waals surface area contributed by atoms with Gasteiger partial charge in [-0.1, -0.05) is 29.8 Å². The molecule has 0 saturated carbocycles. The number of hydrogen-bond acceptors (Lipinski definition) is 5. The molecule has 1 aliphatic rings. The number of para-hydroxylation sites is 1. The molecule has 0 aliphatic carbocycles. The number of benzene rings is 1. The van der Waals surface area contributed by atoms with Gasteiger partial charge >= 0.3 is 0 Å². The third-order valence-electron chi connectivity index (χ3n) is 3.18. The van der Waals surface area contributed by atoms with Crippen LogP contribution in [0.2, 0.25) is 5.02 Å². The van der Waals surface area contributed by atoms with Gasteiger partial charge in [-0.2, -0.15) is 4.98 Å². The van der Waals surface area contributed by atoms with Crippen LogP contribution in [0.4, 0.5) is 11.8 Å². The highest BCUT2D eigenvalue weighted by atomic mass is 35.5. The average molecular weight is 291 g/mol. The van der Waals surface area contributed by atoms with Crippen molar-refractivity contribution in [3.8, 4) is 5.75 Å². The monoisotopic (exact) mass is 290 g/mol. The molecule has 2 heterocycles. The van der Waals surface area contributed by atoms with E-state index in [1.54, 1.807) is 13.2 Å². The summed E-state index contributed by atoms with van der Waals surface area (Å²) in [6.07, 6.45) is 2.56. The summed E-state index contributed by atoms with van der Waals surface area (Å²) in [4.78, 5) is 8.32. The molecule has 104 valence electrons. The zero-order valence-corrected chi connectivity index (χ0v) is 11.8. The average Bonchev–Trinajstić information content (AvgIpc) is 2.89. The quantitative estimate of drug-likeness (QED) is 0.906. The van der Waals surface area contributed by atoms with Gasteiger partial charge in [0.1, 0.15) is 16.9 Å². The predicted octanol–water partition coefficient (Wildman–Crippen LogP) is 2.59. The fourth-order valence-electron chi connectivity index (χ4n) is 2.19. The van der Waals surface area contributed by atoms with Crippen molar-refractivity contribution in [2.75, 3.05) is 24.2 Å². The van der Waals surface area contributed by atoms with Gasteiger partial charge < -0.3 is 15.4 Å². The Morgan fingerprint density at radius 3 is 3.05 bits per heavy atom. The Balaban J connectivity index is 1.64. The minimum atomic E-state index is 0.0940. The van der Waals surface area contributed by atoms with E-state index < -0.39 is 0 Å². The Bertz CT molecular complexity index is 595. The van der Waals surface area contributed by atoms with Crippen LogP contribution >= 0.6 is 11.6 Å². The first-order valence-electron chi connectivity index (χ1n) is 6.45. The zero-order valence-electron chi connectivity index (χ0n) is 11.1. The van der Waals surface area contributed by atoms with Crippen molar-refractivity contribution < 1.29 is 4.74 Å². The second-order valence-electron chi connectivity index (χ2n) is 4.57. The molecule has 0 bridgehead atoms. The summed E-state index contributed by atoms with van der Waals surface area (Å²) in [7, 11) is 1.77. The predicted molar refractivity (Wildman–Crippen MR) is 79.6 cm³/mol. The molecule has 0 fully saturated rings. The van der Waals surface area contributed by atoms with Crippen LogP contribution in [0.1, 0.15) is 5.56 Å². The maximum Gasteiger partial charge on any atom is 0.224 e. The fraction of sp³-hybridized carbons (Fsp3) is 0.286. The summed E-state index contributed by atoms with van der Waals surface area (Å²) in [5, 5.41) is 6.60. The summed E-state index contributed by atoms with van der Waals surface area (Å²) in [6.45, 7) is 0.647. The molecule has 1 aliphatic heterocycles. The summed E-state index contributed by atoms with van der Waals surface area (Å²) < 4.78 is 5.86. The highest BCUT2D eigenvalue weighted by Crippen LogP contribution is 2.28. The Morgan fingerprint density at radius 2 is 2.25 bits per heavy atom. The van der Waals surface area contributed by atoms with Gasteiger partial charge in [0.2, 0.25) is 5.95 Å². The molecule has 2 N–H and O–H groups in total. The number of aromatic nitrogens is 2. The van der Waals surface area contributed by atoms with Crippen LogP contribution in [0.3, 0.4) is 0 Å². The molecule has 0 saturated heterocycles. The smallest absolute Gasteiger partial charge is 0.224 e. The molecule has 20 heavy (non-hydrogen) atoms. The first kappa shape index (κ1) is 13.0. The van der Waals surface area contributed by atoms with Gasteiger partial charge in [-0.05, 0) is 11.6 Å². The fourth-order valence-corrected chi connectivity index (χ4v) is 2.35. The van der Waals surface area contributed by atoms with Crippen molar-refractivity contribution >= 4 is 23.4 Å². The summed E-state index contributed by atoms with van der Waals surface area (Å²) >= 11 is 6.07. The second kappa shape index (κ2) is 5.54. The topological polar surface area (TPSA) is 59.1 Å². The third kappa shape index (κ3) is 2.63. The van der Waals surface area contributed by atoms with Gasteiger partial charge in [0.05, 0.1) is 12.7 Å². The highest BCUT2D eigenvalue weighted by Gasteiger charge is 2.22. The van der Waals surface area contributed by atoms with Gasteiger partial charge in [-0.15, -0.1) is 0 Å². The molecule has 1 unspecified atom stereocenters. The summed E-state index contributed by atoms with van der Waals surface area (Å²) in [5.74, 6) is 2.11. The van der Waals surface area contributed by atoms with E-state index >= 15 is 0 Å². The lowest BCUT2D eigenvalue weighted by atomic mass is 10.1. The maximum atomic E-state index is 6.07. The number of hydrogen-bond donors (Lipinski definition) is 2. The first-order valence-corrected chi connectivity index (χ1v) is 6.83. The lowest BCUT2D eigenvalue weighted by Crippen LogP contribution is -2.24. The van der Waals surface area contributed by atoms with E-state index in [1.165, 1.54) is 5.56 Å². The van der Waals surface area contributed by atoms with Crippen LogP contribution in [-0.4, -0.2) is 29.7 Å². The molecule has 0 spiro atoms. The Hall–Kier alpha value is -2.01. The normalized spacial score (nSPS) is 16.4. The van der Waals surface area contributed by atoms with E-state index in [0.29, 0.717) is 23.3 Å². The van der Waals surface area contributed by atoms with Crippen molar-refractivity contribution in [3.05, 3.63) is 41.0 Å². The minimum absolute atomic E-state index is 0.0940. The van der Waals surface area contributed by atoms with Gasteiger partial charge in [-0.3, -0.25) is 0 Å². The molecule has 1 aromatic heterocycles. The second-order valence-corrected chi connectivity index (χ2v) is 4.98. The molecule has 1 aromatic carbocycles. The van der Waals surface area contributed by atoms with E-state index in [-0.39, 0.29) is 6.10 Å². The Morgan fingerprint density at radius 1 is 1.40 bits per heavy atom. The largest absolute Gasteiger partial charge is 0.488 e. The Labute approximate surface area is 122 Å². The molecule has 3 rings (SSSR count). The summed E-state index contributed by atoms with van der Waals surface area (Å²) in [6, 6.07) is 8.09. The van der Waals surface area contributed by atoms with E-state index in [4.69, 9.17) is 16.3 Å². The number of halogens is 1. The van der Waals surface area contributed by atoms with Crippen molar-refractivity contribution in [2.45, 2.75) is 12.5 Å². The molecular weight excluding hydrogens is 276 g/mol. The standard InChI is InChI=1S/C14H15ClN4O/c1-16-14-18-8-11(15)13(19-14)17-7-10-6-9-4-2-3-5-12(9)20-10/h2-5,8,10H,6-7H2,1H3,(H2,16,17,18,19). The van der Waals surface area contributed by atoms with Crippen LogP contribution in [0.25, 0.3) is 0 Å².